The van der Waals surface area contributed by atoms with Crippen molar-refractivity contribution in [3.05, 3.63) is 71.4 Å². The van der Waals surface area contributed by atoms with Crippen LogP contribution in [0.3, 0.4) is 0 Å². The van der Waals surface area contributed by atoms with Gasteiger partial charge < -0.3 is 10.1 Å². The average molecular weight is 505 g/mol. The molecule has 0 saturated carbocycles. The van der Waals surface area contributed by atoms with E-state index in [1.807, 2.05) is 75.4 Å². The van der Waals surface area contributed by atoms with Crippen molar-refractivity contribution in [1.29, 1.82) is 5.26 Å². The van der Waals surface area contributed by atoms with E-state index in [9.17, 15) is 18.5 Å². The molecule has 1 saturated heterocycles. The number of nitrogens with zero attached hydrogens (tertiary/aromatic N) is 3. The highest BCUT2D eigenvalue weighted by Crippen LogP contribution is 2.31. The number of ether oxygens (including phenoxy) is 1. The number of nitrogens with one attached hydrogen (secondary N) is 1. The lowest BCUT2D eigenvalue weighted by atomic mass is 10.0. The standard InChI is InChI=1S/C27H28N4O4S/c1-18(2)35-24-9-10-25(19(3)13-24)26-21(16-31(30-26)23-7-5-4-6-8-23)14-20(15-28)27(32)29-22-11-12-36(33,34)17-22/h4-10,13-14,16,18,22H,11-12,17H2,1-3H3,(H,29,32)/b20-14+. The molecule has 2 heterocycles. The van der Waals surface area contributed by atoms with Crippen LogP contribution in [0.1, 0.15) is 31.4 Å². The van der Waals surface area contributed by atoms with E-state index in [1.165, 1.54) is 6.08 Å². The Hall–Kier alpha value is -3.90. The number of hydrogen-bond acceptors (Lipinski definition) is 6. The number of rotatable bonds is 7. The molecule has 2 aromatic carbocycles. The molecule has 3 aromatic rings. The maximum absolute atomic E-state index is 12.8. The predicted octanol–water partition coefficient (Wildman–Crippen LogP) is 3.85. The first-order valence-corrected chi connectivity index (χ1v) is 13.5. The number of amides is 1. The van der Waals surface area contributed by atoms with E-state index < -0.39 is 21.8 Å². The Morgan fingerprint density at radius 1 is 1.25 bits per heavy atom. The van der Waals surface area contributed by atoms with Crippen LogP contribution in [0, 0.1) is 18.3 Å². The fourth-order valence-corrected chi connectivity index (χ4v) is 5.81. The number of sulfone groups is 1. The van der Waals surface area contributed by atoms with Crippen LogP contribution < -0.4 is 10.1 Å². The number of aromatic nitrogens is 2. The van der Waals surface area contributed by atoms with Crippen molar-refractivity contribution in [3.63, 3.8) is 0 Å². The van der Waals surface area contributed by atoms with Crippen LogP contribution in [-0.4, -0.2) is 47.8 Å². The average Bonchev–Trinajstić information content (AvgIpc) is 3.40. The Kier molecular flexibility index (Phi) is 7.27. The molecule has 0 radical (unpaired) electrons. The van der Waals surface area contributed by atoms with Crippen molar-refractivity contribution in [1.82, 2.24) is 15.1 Å². The van der Waals surface area contributed by atoms with Crippen LogP contribution >= 0.6 is 0 Å². The van der Waals surface area contributed by atoms with E-state index in [0.717, 1.165) is 22.6 Å². The molecule has 4 rings (SSSR count). The number of carbonyl (C=O) groups excluding carboxylic acids is 1. The van der Waals surface area contributed by atoms with Gasteiger partial charge in [0, 0.05) is 23.4 Å². The van der Waals surface area contributed by atoms with E-state index >= 15 is 0 Å². The molecule has 186 valence electrons. The van der Waals surface area contributed by atoms with Crippen LogP contribution in [0.25, 0.3) is 23.0 Å². The molecule has 1 aromatic heterocycles. The largest absolute Gasteiger partial charge is 0.491 e. The Morgan fingerprint density at radius 3 is 2.61 bits per heavy atom. The Morgan fingerprint density at radius 2 is 2.00 bits per heavy atom. The van der Waals surface area contributed by atoms with Gasteiger partial charge in [-0.3, -0.25) is 4.79 Å². The van der Waals surface area contributed by atoms with Gasteiger partial charge in [0.1, 0.15) is 23.1 Å². The summed E-state index contributed by atoms with van der Waals surface area (Å²) in [6, 6.07) is 16.7. The van der Waals surface area contributed by atoms with Gasteiger partial charge in [0.25, 0.3) is 5.91 Å². The van der Waals surface area contributed by atoms with Crippen LogP contribution in [0.4, 0.5) is 0 Å². The third-order valence-electron chi connectivity index (χ3n) is 5.82. The van der Waals surface area contributed by atoms with Gasteiger partial charge in [-0.05, 0) is 69.2 Å². The number of para-hydroxylation sites is 1. The fourth-order valence-electron chi connectivity index (χ4n) is 4.14. The number of nitriles is 1. The first kappa shape index (κ1) is 25.2. The highest BCUT2D eigenvalue weighted by molar-refractivity contribution is 7.91. The minimum atomic E-state index is -3.16. The molecule has 9 heteroatoms. The van der Waals surface area contributed by atoms with Gasteiger partial charge in [-0.25, -0.2) is 13.1 Å². The molecule has 36 heavy (non-hydrogen) atoms. The van der Waals surface area contributed by atoms with Crippen molar-refractivity contribution >= 4 is 21.8 Å². The molecule has 1 N–H and O–H groups in total. The van der Waals surface area contributed by atoms with Gasteiger partial charge in [0.2, 0.25) is 0 Å². The van der Waals surface area contributed by atoms with E-state index in [2.05, 4.69) is 5.32 Å². The third kappa shape index (κ3) is 5.83. The maximum Gasteiger partial charge on any atom is 0.262 e. The molecule has 1 unspecified atom stereocenters. The Labute approximate surface area is 211 Å². The van der Waals surface area contributed by atoms with Crippen molar-refractivity contribution in [3.8, 4) is 28.8 Å². The summed E-state index contributed by atoms with van der Waals surface area (Å²) in [6.07, 6.45) is 3.65. The summed E-state index contributed by atoms with van der Waals surface area (Å²) in [6.45, 7) is 5.88. The summed E-state index contributed by atoms with van der Waals surface area (Å²) in [5.41, 5.74) is 3.68. The summed E-state index contributed by atoms with van der Waals surface area (Å²) in [5, 5.41) is 17.2. The van der Waals surface area contributed by atoms with Crippen molar-refractivity contribution in [2.24, 2.45) is 0 Å². The van der Waals surface area contributed by atoms with E-state index in [-0.39, 0.29) is 23.2 Å². The molecular formula is C27H28N4O4S. The lowest BCUT2D eigenvalue weighted by molar-refractivity contribution is -0.117. The molecule has 1 aliphatic rings. The molecule has 1 atom stereocenters. The van der Waals surface area contributed by atoms with Gasteiger partial charge in [-0.1, -0.05) is 18.2 Å². The normalized spacial score (nSPS) is 17.1. The minimum Gasteiger partial charge on any atom is -0.491 e. The van der Waals surface area contributed by atoms with Crippen molar-refractivity contribution in [2.75, 3.05) is 11.5 Å². The number of hydrogen-bond donors (Lipinski definition) is 1. The predicted molar refractivity (Wildman–Crippen MR) is 138 cm³/mol. The topological polar surface area (TPSA) is 114 Å². The van der Waals surface area contributed by atoms with E-state index in [4.69, 9.17) is 9.84 Å². The molecule has 0 bridgehead atoms. The van der Waals surface area contributed by atoms with Crippen LogP contribution in [0.2, 0.25) is 0 Å². The van der Waals surface area contributed by atoms with Gasteiger partial charge in [0.05, 0.1) is 23.3 Å². The summed E-state index contributed by atoms with van der Waals surface area (Å²) >= 11 is 0. The Balaban J connectivity index is 1.73. The van der Waals surface area contributed by atoms with Crippen molar-refractivity contribution in [2.45, 2.75) is 39.3 Å². The summed E-state index contributed by atoms with van der Waals surface area (Å²) < 4.78 is 31.0. The molecule has 1 aliphatic heterocycles. The summed E-state index contributed by atoms with van der Waals surface area (Å²) in [4.78, 5) is 12.8. The first-order valence-electron chi connectivity index (χ1n) is 11.7. The quantitative estimate of drug-likeness (QED) is 0.386. The zero-order chi connectivity index (χ0) is 25.9. The highest BCUT2D eigenvalue weighted by Gasteiger charge is 2.29. The number of benzene rings is 2. The molecular weight excluding hydrogens is 476 g/mol. The lowest BCUT2D eigenvalue weighted by Gasteiger charge is -2.12. The number of aryl methyl sites for hydroxylation is 1. The summed E-state index contributed by atoms with van der Waals surface area (Å²) in [5.74, 6) is 0.0660. The Bertz CT molecular complexity index is 1450. The second-order valence-electron chi connectivity index (χ2n) is 9.10. The first-order chi connectivity index (χ1) is 17.1. The fraction of sp³-hybridized carbons (Fsp3) is 0.296. The SMILES string of the molecule is Cc1cc(OC(C)C)ccc1-c1nn(-c2ccccc2)cc1/C=C(\C#N)C(=O)NC1CCS(=O)(=O)C1. The monoisotopic (exact) mass is 504 g/mol. The molecule has 1 amide bonds. The van der Waals surface area contributed by atoms with Gasteiger partial charge in [0.15, 0.2) is 9.84 Å². The third-order valence-corrected chi connectivity index (χ3v) is 7.59. The number of carbonyl (C=O) groups is 1. The zero-order valence-electron chi connectivity index (χ0n) is 20.4. The minimum absolute atomic E-state index is 0.0351. The maximum atomic E-state index is 12.8. The van der Waals surface area contributed by atoms with Gasteiger partial charge in [-0.15, -0.1) is 0 Å². The molecule has 0 aliphatic carbocycles. The molecule has 8 nitrogen and oxygen atoms in total. The second-order valence-corrected chi connectivity index (χ2v) is 11.3. The van der Waals surface area contributed by atoms with Crippen LogP contribution in [0.5, 0.6) is 5.75 Å². The van der Waals surface area contributed by atoms with Gasteiger partial charge >= 0.3 is 0 Å². The van der Waals surface area contributed by atoms with Crippen LogP contribution in [-0.2, 0) is 14.6 Å². The van der Waals surface area contributed by atoms with Gasteiger partial charge in [-0.2, -0.15) is 10.4 Å². The van der Waals surface area contributed by atoms with Crippen molar-refractivity contribution < 1.29 is 17.9 Å². The summed E-state index contributed by atoms with van der Waals surface area (Å²) in [7, 11) is -3.16. The van der Waals surface area contributed by atoms with E-state index in [0.29, 0.717) is 17.7 Å². The molecule has 0 spiro atoms. The smallest absolute Gasteiger partial charge is 0.262 e. The second kappa shape index (κ2) is 10.4. The highest BCUT2D eigenvalue weighted by atomic mass is 32.2. The molecule has 1 fully saturated rings. The zero-order valence-corrected chi connectivity index (χ0v) is 21.2. The lowest BCUT2D eigenvalue weighted by Crippen LogP contribution is -2.36. The van der Waals surface area contributed by atoms with E-state index in [1.54, 1.807) is 10.9 Å². The van der Waals surface area contributed by atoms with Crippen LogP contribution in [0.15, 0.2) is 60.3 Å².